The molecule has 2 nitrogen and oxygen atoms in total. The second-order valence-electron chi connectivity index (χ2n) is 3.16. The van der Waals surface area contributed by atoms with E-state index in [1.165, 1.54) is 12.8 Å². The molecule has 0 aromatic carbocycles. The van der Waals surface area contributed by atoms with Crippen LogP contribution in [0.2, 0.25) is 0 Å². The van der Waals surface area contributed by atoms with Gasteiger partial charge in [0, 0.05) is 18.4 Å². The van der Waals surface area contributed by atoms with Gasteiger partial charge in [-0.25, -0.2) is 0 Å². The van der Waals surface area contributed by atoms with Crippen LogP contribution in [0.3, 0.4) is 0 Å². The zero-order valence-electron chi connectivity index (χ0n) is 7.83. The largest absolute Gasteiger partial charge is 0.387 e. The van der Waals surface area contributed by atoms with Gasteiger partial charge in [0.15, 0.2) is 0 Å². The van der Waals surface area contributed by atoms with E-state index in [0.29, 0.717) is 0 Å². The molecule has 1 rings (SSSR count). The van der Waals surface area contributed by atoms with Crippen LogP contribution in [0.15, 0.2) is 18.3 Å². The SMILES string of the molecule is CCCCn1cccc1C(C)O. The van der Waals surface area contributed by atoms with E-state index in [1.807, 2.05) is 18.3 Å². The van der Waals surface area contributed by atoms with Gasteiger partial charge in [-0.2, -0.15) is 0 Å². The maximum absolute atomic E-state index is 9.37. The molecule has 68 valence electrons. The van der Waals surface area contributed by atoms with Crippen molar-refractivity contribution in [2.45, 2.75) is 39.3 Å². The van der Waals surface area contributed by atoms with Gasteiger partial charge < -0.3 is 9.67 Å². The third kappa shape index (κ3) is 2.11. The van der Waals surface area contributed by atoms with Crippen molar-refractivity contribution in [2.75, 3.05) is 0 Å². The third-order valence-corrected chi connectivity index (χ3v) is 2.05. The molecule has 0 radical (unpaired) electrons. The molecule has 1 aromatic rings. The second kappa shape index (κ2) is 4.31. The van der Waals surface area contributed by atoms with Crippen molar-refractivity contribution < 1.29 is 5.11 Å². The molecule has 0 fully saturated rings. The molecule has 0 bridgehead atoms. The first-order valence-corrected chi connectivity index (χ1v) is 4.58. The highest BCUT2D eigenvalue weighted by molar-refractivity contribution is 5.09. The summed E-state index contributed by atoms with van der Waals surface area (Å²) in [5.74, 6) is 0. The van der Waals surface area contributed by atoms with Gasteiger partial charge in [-0.1, -0.05) is 13.3 Å². The van der Waals surface area contributed by atoms with Crippen molar-refractivity contribution in [1.82, 2.24) is 4.57 Å². The molecule has 12 heavy (non-hydrogen) atoms. The minimum absolute atomic E-state index is 0.350. The average molecular weight is 167 g/mol. The first-order valence-electron chi connectivity index (χ1n) is 4.58. The van der Waals surface area contributed by atoms with E-state index >= 15 is 0 Å². The van der Waals surface area contributed by atoms with Crippen LogP contribution in [0.25, 0.3) is 0 Å². The van der Waals surface area contributed by atoms with E-state index in [0.717, 1.165) is 12.2 Å². The topological polar surface area (TPSA) is 25.2 Å². The highest BCUT2D eigenvalue weighted by Crippen LogP contribution is 2.13. The first kappa shape index (κ1) is 9.33. The van der Waals surface area contributed by atoms with Crippen LogP contribution >= 0.6 is 0 Å². The van der Waals surface area contributed by atoms with E-state index in [4.69, 9.17) is 0 Å². The Kier molecular flexibility index (Phi) is 3.35. The lowest BCUT2D eigenvalue weighted by Gasteiger charge is -2.10. The smallest absolute Gasteiger partial charge is 0.0911 e. The van der Waals surface area contributed by atoms with Crippen LogP contribution in [-0.4, -0.2) is 9.67 Å². The second-order valence-corrected chi connectivity index (χ2v) is 3.16. The zero-order valence-corrected chi connectivity index (χ0v) is 7.83. The maximum Gasteiger partial charge on any atom is 0.0911 e. The summed E-state index contributed by atoms with van der Waals surface area (Å²) < 4.78 is 2.12. The van der Waals surface area contributed by atoms with E-state index in [2.05, 4.69) is 11.5 Å². The van der Waals surface area contributed by atoms with Gasteiger partial charge in [0.2, 0.25) is 0 Å². The van der Waals surface area contributed by atoms with Gasteiger partial charge in [-0.15, -0.1) is 0 Å². The van der Waals surface area contributed by atoms with Crippen LogP contribution in [0.1, 0.15) is 38.5 Å². The molecule has 0 amide bonds. The molecule has 1 aromatic heterocycles. The molecule has 2 heteroatoms. The summed E-state index contributed by atoms with van der Waals surface area (Å²) in [4.78, 5) is 0. The Morgan fingerprint density at radius 1 is 1.58 bits per heavy atom. The Bertz CT molecular complexity index is 227. The normalized spacial score (nSPS) is 13.2. The Hall–Kier alpha value is -0.760. The van der Waals surface area contributed by atoms with Crippen molar-refractivity contribution in [1.29, 1.82) is 0 Å². The summed E-state index contributed by atoms with van der Waals surface area (Å²) in [6.07, 6.45) is 4.04. The van der Waals surface area contributed by atoms with Crippen molar-refractivity contribution >= 4 is 0 Å². The molecule has 0 aliphatic carbocycles. The quantitative estimate of drug-likeness (QED) is 0.731. The highest BCUT2D eigenvalue weighted by Gasteiger charge is 2.04. The number of aliphatic hydroxyl groups is 1. The van der Waals surface area contributed by atoms with Gasteiger partial charge in [-0.05, 0) is 25.5 Å². The number of hydrogen-bond acceptors (Lipinski definition) is 1. The van der Waals surface area contributed by atoms with Crippen LogP contribution in [-0.2, 0) is 6.54 Å². The number of aryl methyl sites for hydroxylation is 1. The van der Waals surface area contributed by atoms with E-state index in [-0.39, 0.29) is 6.10 Å². The summed E-state index contributed by atoms with van der Waals surface area (Å²) in [5.41, 5.74) is 1.02. The number of rotatable bonds is 4. The van der Waals surface area contributed by atoms with E-state index in [1.54, 1.807) is 6.92 Å². The predicted octanol–water partition coefficient (Wildman–Crippen LogP) is 2.34. The van der Waals surface area contributed by atoms with Gasteiger partial charge in [-0.3, -0.25) is 0 Å². The van der Waals surface area contributed by atoms with Crippen LogP contribution in [0, 0.1) is 0 Å². The number of aliphatic hydroxyl groups excluding tert-OH is 1. The average Bonchev–Trinajstić information content (AvgIpc) is 2.48. The van der Waals surface area contributed by atoms with Crippen molar-refractivity contribution in [2.24, 2.45) is 0 Å². The summed E-state index contributed by atoms with van der Waals surface area (Å²) >= 11 is 0. The molecule has 0 saturated heterocycles. The minimum atomic E-state index is -0.350. The summed E-state index contributed by atoms with van der Waals surface area (Å²) in [7, 11) is 0. The molecular formula is C10H17NO. The van der Waals surface area contributed by atoms with Crippen molar-refractivity contribution in [3.63, 3.8) is 0 Å². The van der Waals surface area contributed by atoms with Crippen LogP contribution in [0.5, 0.6) is 0 Å². The first-order chi connectivity index (χ1) is 5.75. The molecule has 1 unspecified atom stereocenters. The lowest BCUT2D eigenvalue weighted by atomic mass is 10.3. The maximum atomic E-state index is 9.37. The molecule has 0 spiro atoms. The number of aromatic nitrogens is 1. The molecule has 1 heterocycles. The van der Waals surface area contributed by atoms with Crippen molar-refractivity contribution in [3.05, 3.63) is 24.0 Å². The fourth-order valence-corrected chi connectivity index (χ4v) is 1.34. The zero-order chi connectivity index (χ0) is 8.97. The van der Waals surface area contributed by atoms with Gasteiger partial charge in [0.25, 0.3) is 0 Å². The van der Waals surface area contributed by atoms with E-state index in [9.17, 15) is 5.11 Å². The molecule has 1 N–H and O–H groups in total. The highest BCUT2D eigenvalue weighted by atomic mass is 16.3. The summed E-state index contributed by atoms with van der Waals surface area (Å²) in [6, 6.07) is 3.96. The Morgan fingerprint density at radius 3 is 2.92 bits per heavy atom. The van der Waals surface area contributed by atoms with Crippen LogP contribution in [0.4, 0.5) is 0 Å². The molecule has 0 aliphatic rings. The molecule has 0 saturated carbocycles. The molecular weight excluding hydrogens is 150 g/mol. The standard InChI is InChI=1S/C10H17NO/c1-3-4-7-11-8-5-6-10(11)9(2)12/h5-6,8-9,12H,3-4,7H2,1-2H3. The number of hydrogen-bond donors (Lipinski definition) is 1. The fourth-order valence-electron chi connectivity index (χ4n) is 1.34. The number of unbranched alkanes of at least 4 members (excludes halogenated alkanes) is 1. The van der Waals surface area contributed by atoms with Gasteiger partial charge in [0.1, 0.15) is 0 Å². The van der Waals surface area contributed by atoms with Gasteiger partial charge >= 0.3 is 0 Å². The fraction of sp³-hybridized carbons (Fsp3) is 0.600. The lowest BCUT2D eigenvalue weighted by molar-refractivity contribution is 0.189. The van der Waals surface area contributed by atoms with E-state index < -0.39 is 0 Å². The molecule has 1 atom stereocenters. The minimum Gasteiger partial charge on any atom is -0.387 e. The van der Waals surface area contributed by atoms with Crippen LogP contribution < -0.4 is 0 Å². The predicted molar refractivity (Wildman–Crippen MR) is 50.0 cm³/mol. The lowest BCUT2D eigenvalue weighted by Crippen LogP contribution is -2.04. The Morgan fingerprint density at radius 2 is 2.33 bits per heavy atom. The number of nitrogens with zero attached hydrogens (tertiary/aromatic N) is 1. The summed E-state index contributed by atoms with van der Waals surface area (Å²) in [5, 5.41) is 9.37. The summed E-state index contributed by atoms with van der Waals surface area (Å²) in [6.45, 7) is 4.99. The Balaban J connectivity index is 2.64. The van der Waals surface area contributed by atoms with Gasteiger partial charge in [0.05, 0.1) is 6.10 Å². The van der Waals surface area contributed by atoms with Crippen molar-refractivity contribution in [3.8, 4) is 0 Å². The monoisotopic (exact) mass is 167 g/mol. The molecule has 0 aliphatic heterocycles. The third-order valence-electron chi connectivity index (χ3n) is 2.05. The Labute approximate surface area is 73.8 Å².